The average molecular weight is 398 g/mol. The van der Waals surface area contributed by atoms with Gasteiger partial charge in [0.15, 0.2) is 17.4 Å². The minimum Gasteiger partial charge on any atom is -0.453 e. The Bertz CT molecular complexity index is 1070. The van der Waals surface area contributed by atoms with Crippen LogP contribution in [0.5, 0.6) is 11.5 Å². The van der Waals surface area contributed by atoms with Gasteiger partial charge in [-0.25, -0.2) is 4.39 Å². The fourth-order valence-electron chi connectivity index (χ4n) is 3.66. The van der Waals surface area contributed by atoms with E-state index in [0.29, 0.717) is 24.7 Å². The zero-order valence-corrected chi connectivity index (χ0v) is 15.9. The molecule has 0 unspecified atom stereocenters. The van der Waals surface area contributed by atoms with E-state index in [1.54, 1.807) is 29.7 Å². The number of rotatable bonds is 3. The smallest absolute Gasteiger partial charge is 0.172 e. The van der Waals surface area contributed by atoms with Gasteiger partial charge in [0.05, 0.1) is 23.4 Å². The van der Waals surface area contributed by atoms with Gasteiger partial charge in [-0.1, -0.05) is 6.08 Å². The molecule has 0 amide bonds. The lowest BCUT2D eigenvalue weighted by Crippen LogP contribution is -2.31. The molecule has 7 heteroatoms. The highest BCUT2D eigenvalue weighted by atomic mass is 32.1. The zero-order valence-electron chi connectivity index (χ0n) is 15.1. The first-order valence-corrected chi connectivity index (χ1v) is 10.0. The number of anilines is 1. The largest absolute Gasteiger partial charge is 0.453 e. The fraction of sp³-hybridized carbons (Fsp3) is 0.286. The van der Waals surface area contributed by atoms with E-state index >= 15 is 0 Å². The summed E-state index contributed by atoms with van der Waals surface area (Å²) in [5.74, 6) is -0.191. The lowest BCUT2D eigenvalue weighted by molar-refractivity contribution is -0.159. The van der Waals surface area contributed by atoms with Gasteiger partial charge in [0.1, 0.15) is 5.75 Å². The van der Waals surface area contributed by atoms with E-state index in [9.17, 15) is 4.39 Å². The highest BCUT2D eigenvalue weighted by Crippen LogP contribution is 2.43. The van der Waals surface area contributed by atoms with Crippen molar-refractivity contribution >= 4 is 32.8 Å². The van der Waals surface area contributed by atoms with Crippen molar-refractivity contribution in [2.24, 2.45) is 0 Å². The number of hydrogen-bond acceptors (Lipinski definition) is 6. The molecule has 3 aromatic rings. The third-order valence-corrected chi connectivity index (χ3v) is 6.33. The van der Waals surface area contributed by atoms with E-state index in [1.807, 2.05) is 0 Å². The van der Waals surface area contributed by atoms with Crippen LogP contribution in [0.4, 0.5) is 10.1 Å². The van der Waals surface area contributed by atoms with Gasteiger partial charge in [0.25, 0.3) is 0 Å². The second kappa shape index (κ2) is 6.84. The van der Waals surface area contributed by atoms with E-state index in [-0.39, 0.29) is 5.75 Å². The predicted molar refractivity (Wildman–Crippen MR) is 107 cm³/mol. The Kier molecular flexibility index (Phi) is 4.30. The van der Waals surface area contributed by atoms with Gasteiger partial charge in [-0.2, -0.15) is 0 Å². The summed E-state index contributed by atoms with van der Waals surface area (Å²) in [5.41, 5.74) is 8.07. The Morgan fingerprint density at radius 2 is 2.00 bits per heavy atom. The van der Waals surface area contributed by atoms with Crippen molar-refractivity contribution in [3.05, 3.63) is 53.3 Å². The summed E-state index contributed by atoms with van der Waals surface area (Å²) >= 11 is 1.61. The van der Waals surface area contributed by atoms with Crippen LogP contribution in [0.15, 0.2) is 42.6 Å². The van der Waals surface area contributed by atoms with Crippen molar-refractivity contribution < 1.29 is 18.6 Å². The predicted octanol–water partition coefficient (Wildman–Crippen LogP) is 5.12. The minimum atomic E-state index is -0.487. The van der Waals surface area contributed by atoms with Crippen molar-refractivity contribution in [3.63, 3.8) is 0 Å². The summed E-state index contributed by atoms with van der Waals surface area (Å²) in [6.07, 6.45) is 6.35. The van der Waals surface area contributed by atoms with Crippen LogP contribution in [-0.2, 0) is 9.47 Å². The van der Waals surface area contributed by atoms with Crippen LogP contribution < -0.4 is 10.5 Å². The molecule has 1 saturated heterocycles. The van der Waals surface area contributed by atoms with Crippen molar-refractivity contribution in [3.8, 4) is 11.5 Å². The van der Waals surface area contributed by atoms with Crippen LogP contribution in [0.3, 0.4) is 0 Å². The minimum absolute atomic E-state index is 0.144. The highest BCUT2D eigenvalue weighted by Gasteiger charge is 2.37. The Labute approximate surface area is 165 Å². The van der Waals surface area contributed by atoms with Crippen molar-refractivity contribution in [2.75, 3.05) is 18.9 Å². The number of fused-ring (bicyclic) bond motifs is 1. The maximum Gasteiger partial charge on any atom is 0.172 e. The second-order valence-electron chi connectivity index (χ2n) is 6.97. The SMILES string of the molecule is Nc1ccc(Oc2ccnc3cc(C4=CCC5(CC4)OCCO5)sc23)c(F)c1. The number of thiophene rings is 1. The molecule has 0 saturated carbocycles. The first kappa shape index (κ1) is 17.6. The molecule has 0 atom stereocenters. The van der Waals surface area contributed by atoms with Gasteiger partial charge >= 0.3 is 0 Å². The first-order valence-electron chi connectivity index (χ1n) is 9.21. The van der Waals surface area contributed by atoms with Crippen LogP contribution in [0.25, 0.3) is 15.8 Å². The summed E-state index contributed by atoms with van der Waals surface area (Å²) < 4.78 is 32.4. The Balaban J connectivity index is 1.45. The summed E-state index contributed by atoms with van der Waals surface area (Å²) in [6, 6.07) is 8.22. The summed E-state index contributed by atoms with van der Waals surface area (Å²) in [7, 11) is 0. The molecular weight excluding hydrogens is 379 g/mol. The van der Waals surface area contributed by atoms with Crippen molar-refractivity contribution in [2.45, 2.75) is 25.0 Å². The number of nitrogens with zero attached hydrogens (tertiary/aromatic N) is 1. The number of nitrogen functional groups attached to an aromatic ring is 1. The molecule has 1 aliphatic carbocycles. The average Bonchev–Trinajstić information content (AvgIpc) is 3.32. The van der Waals surface area contributed by atoms with Gasteiger partial charge in [0, 0.05) is 41.7 Å². The molecule has 2 aliphatic rings. The topological polar surface area (TPSA) is 66.6 Å². The van der Waals surface area contributed by atoms with Gasteiger partial charge < -0.3 is 19.9 Å². The molecule has 2 aromatic heterocycles. The lowest BCUT2D eigenvalue weighted by atomic mass is 9.93. The maximum atomic E-state index is 14.1. The third-order valence-electron chi connectivity index (χ3n) is 5.12. The molecule has 5 rings (SSSR count). The normalized spacial score (nSPS) is 18.5. The highest BCUT2D eigenvalue weighted by molar-refractivity contribution is 7.20. The number of ether oxygens (including phenoxy) is 3. The van der Waals surface area contributed by atoms with E-state index in [1.165, 1.54) is 17.7 Å². The molecule has 28 heavy (non-hydrogen) atoms. The molecule has 1 aliphatic heterocycles. The number of pyridine rings is 1. The van der Waals surface area contributed by atoms with Crippen LogP contribution in [-0.4, -0.2) is 24.0 Å². The molecule has 2 N–H and O–H groups in total. The van der Waals surface area contributed by atoms with E-state index < -0.39 is 11.6 Å². The molecule has 1 spiro atoms. The first-order chi connectivity index (χ1) is 13.6. The number of allylic oxidation sites excluding steroid dienone is 1. The monoisotopic (exact) mass is 398 g/mol. The Hall–Kier alpha value is -2.48. The molecule has 1 fully saturated rings. The van der Waals surface area contributed by atoms with E-state index in [4.69, 9.17) is 19.9 Å². The van der Waals surface area contributed by atoms with Gasteiger partial charge in [-0.05, 0) is 30.2 Å². The number of benzene rings is 1. The molecule has 5 nitrogen and oxygen atoms in total. The standard InChI is InChI=1S/C21H19FN2O3S/c22-15-11-14(23)1-2-17(15)27-18-5-8-24-16-12-19(28-20(16)18)13-3-6-21(7-4-13)25-9-10-26-21/h1-3,5,8,11-12H,4,6-7,9-10,23H2. The molecule has 3 heterocycles. The lowest BCUT2D eigenvalue weighted by Gasteiger charge is -2.30. The van der Waals surface area contributed by atoms with Crippen molar-refractivity contribution in [1.82, 2.24) is 4.98 Å². The van der Waals surface area contributed by atoms with Crippen LogP contribution in [0, 0.1) is 5.82 Å². The third kappa shape index (κ3) is 3.15. The van der Waals surface area contributed by atoms with Gasteiger partial charge in [-0.3, -0.25) is 4.98 Å². The van der Waals surface area contributed by atoms with Crippen molar-refractivity contribution in [1.29, 1.82) is 0 Å². The summed E-state index contributed by atoms with van der Waals surface area (Å²) in [6.45, 7) is 1.33. The quantitative estimate of drug-likeness (QED) is 0.620. The maximum absolute atomic E-state index is 14.1. The van der Waals surface area contributed by atoms with E-state index in [0.717, 1.165) is 34.4 Å². The summed E-state index contributed by atoms with van der Waals surface area (Å²) in [5, 5.41) is 0. The van der Waals surface area contributed by atoms with Crippen LogP contribution >= 0.6 is 11.3 Å². The van der Waals surface area contributed by atoms with Crippen LogP contribution in [0.2, 0.25) is 0 Å². The number of halogens is 1. The van der Waals surface area contributed by atoms with Gasteiger partial charge in [0.2, 0.25) is 0 Å². The Morgan fingerprint density at radius 3 is 2.75 bits per heavy atom. The molecule has 0 bridgehead atoms. The number of hydrogen-bond donors (Lipinski definition) is 1. The number of nitrogens with two attached hydrogens (primary N) is 1. The Morgan fingerprint density at radius 1 is 1.14 bits per heavy atom. The summed E-state index contributed by atoms with van der Waals surface area (Å²) in [4.78, 5) is 5.59. The van der Waals surface area contributed by atoms with Crippen LogP contribution in [0.1, 0.15) is 24.1 Å². The molecular formula is C21H19FN2O3S. The molecule has 1 aromatic carbocycles. The molecule has 144 valence electrons. The van der Waals surface area contributed by atoms with Gasteiger partial charge in [-0.15, -0.1) is 11.3 Å². The zero-order chi connectivity index (χ0) is 19.1. The second-order valence-corrected chi connectivity index (χ2v) is 8.02. The number of aromatic nitrogens is 1. The fourth-order valence-corrected chi connectivity index (χ4v) is 4.80. The van der Waals surface area contributed by atoms with E-state index in [2.05, 4.69) is 17.1 Å². The molecule has 0 radical (unpaired) electrons.